The van der Waals surface area contributed by atoms with Crippen molar-refractivity contribution in [2.75, 3.05) is 4.90 Å². The van der Waals surface area contributed by atoms with E-state index in [0.717, 1.165) is 11.3 Å². The van der Waals surface area contributed by atoms with Crippen molar-refractivity contribution in [3.8, 4) is 0 Å². The molecule has 0 aliphatic carbocycles. The molecule has 1 nitrogen and oxygen atoms in total. The molecule has 0 amide bonds. The number of aryl methyl sites for hydroxylation is 4. The Labute approximate surface area is 181 Å². The molecule has 0 spiro atoms. The topological polar surface area (TPSA) is 3.24 Å². The molecule has 0 radical (unpaired) electrons. The maximum absolute atomic E-state index is 3.85. The minimum absolute atomic E-state index is 1.15. The van der Waals surface area contributed by atoms with Gasteiger partial charge in [0, 0.05) is 11.4 Å². The largest absolute Gasteiger partial charge is 0.310 e. The SMILES string of the molecule is C=CC=C(C=CC)c1ccc(N(c2ccc(C)cc2)c2c(C)cc(C)cc2C)cc1. The summed E-state index contributed by atoms with van der Waals surface area (Å²) in [6.45, 7) is 14.6. The van der Waals surface area contributed by atoms with Gasteiger partial charge in [0.05, 0.1) is 5.69 Å². The highest BCUT2D eigenvalue weighted by atomic mass is 15.1. The lowest BCUT2D eigenvalue weighted by atomic mass is 10.0. The van der Waals surface area contributed by atoms with E-state index >= 15 is 0 Å². The lowest BCUT2D eigenvalue weighted by molar-refractivity contribution is 1.20. The first-order valence-corrected chi connectivity index (χ1v) is 10.4. The molecule has 0 bridgehead atoms. The molecule has 0 fully saturated rings. The molecular formula is C29H31N. The van der Waals surface area contributed by atoms with Crippen LogP contribution in [0.1, 0.15) is 34.7 Å². The van der Waals surface area contributed by atoms with Crippen molar-refractivity contribution >= 4 is 22.6 Å². The van der Waals surface area contributed by atoms with Gasteiger partial charge in [0.2, 0.25) is 0 Å². The third-order valence-corrected chi connectivity index (χ3v) is 5.25. The van der Waals surface area contributed by atoms with E-state index in [1.54, 1.807) is 0 Å². The predicted molar refractivity (Wildman–Crippen MR) is 133 cm³/mol. The van der Waals surface area contributed by atoms with Crippen LogP contribution in [0.2, 0.25) is 0 Å². The molecule has 0 heterocycles. The third-order valence-electron chi connectivity index (χ3n) is 5.25. The predicted octanol–water partition coefficient (Wildman–Crippen LogP) is 8.54. The molecule has 0 saturated heterocycles. The molecule has 1 heteroatoms. The number of hydrogen-bond donors (Lipinski definition) is 0. The first-order chi connectivity index (χ1) is 14.4. The molecule has 0 aromatic heterocycles. The zero-order valence-corrected chi connectivity index (χ0v) is 18.7. The Kier molecular flexibility index (Phi) is 6.74. The number of anilines is 3. The highest BCUT2D eigenvalue weighted by Gasteiger charge is 2.17. The van der Waals surface area contributed by atoms with Crippen molar-refractivity contribution in [1.82, 2.24) is 0 Å². The van der Waals surface area contributed by atoms with E-state index < -0.39 is 0 Å². The maximum Gasteiger partial charge on any atom is 0.0520 e. The number of allylic oxidation sites excluding steroid dienone is 5. The van der Waals surface area contributed by atoms with Crippen LogP contribution in [-0.2, 0) is 0 Å². The standard InChI is InChI=1S/C29H31N/c1-7-9-25(10-8-2)26-13-17-28(18-14-26)30(27-15-11-21(3)12-16-27)29-23(5)19-22(4)20-24(29)6/h7-20H,1H2,2-6H3. The maximum atomic E-state index is 3.85. The van der Waals surface area contributed by atoms with Crippen molar-refractivity contribution in [2.45, 2.75) is 34.6 Å². The summed E-state index contributed by atoms with van der Waals surface area (Å²) in [4.78, 5) is 2.36. The van der Waals surface area contributed by atoms with Gasteiger partial charge in [-0.2, -0.15) is 0 Å². The fraction of sp³-hybridized carbons (Fsp3) is 0.172. The van der Waals surface area contributed by atoms with Crippen molar-refractivity contribution in [1.29, 1.82) is 0 Å². The second kappa shape index (κ2) is 9.45. The van der Waals surface area contributed by atoms with Gasteiger partial charge in [0.15, 0.2) is 0 Å². The summed E-state index contributed by atoms with van der Waals surface area (Å²) >= 11 is 0. The molecule has 3 aromatic carbocycles. The highest BCUT2D eigenvalue weighted by Crippen LogP contribution is 2.39. The van der Waals surface area contributed by atoms with Crippen molar-refractivity contribution in [2.24, 2.45) is 0 Å². The van der Waals surface area contributed by atoms with E-state index in [9.17, 15) is 0 Å². The molecule has 0 unspecified atom stereocenters. The van der Waals surface area contributed by atoms with E-state index in [1.165, 1.54) is 39.2 Å². The van der Waals surface area contributed by atoms with Crippen LogP contribution in [0.3, 0.4) is 0 Å². The van der Waals surface area contributed by atoms with Gasteiger partial charge in [-0.05, 0) is 81.1 Å². The van der Waals surface area contributed by atoms with Crippen molar-refractivity contribution < 1.29 is 0 Å². The first-order valence-electron chi connectivity index (χ1n) is 10.4. The Hall–Kier alpha value is -3.32. The fourth-order valence-electron chi connectivity index (χ4n) is 3.98. The molecule has 0 N–H and O–H groups in total. The smallest absolute Gasteiger partial charge is 0.0520 e. The van der Waals surface area contributed by atoms with Crippen molar-refractivity contribution in [3.05, 3.63) is 119 Å². The zero-order valence-electron chi connectivity index (χ0n) is 18.7. The molecule has 3 aromatic rings. The second-order valence-electron chi connectivity index (χ2n) is 7.82. The average molecular weight is 394 g/mol. The van der Waals surface area contributed by atoms with E-state index in [4.69, 9.17) is 0 Å². The second-order valence-corrected chi connectivity index (χ2v) is 7.82. The molecule has 152 valence electrons. The Balaban J connectivity index is 2.15. The summed E-state index contributed by atoms with van der Waals surface area (Å²) in [7, 11) is 0. The minimum Gasteiger partial charge on any atom is -0.310 e. The highest BCUT2D eigenvalue weighted by molar-refractivity contribution is 5.82. The first kappa shape index (κ1) is 21.4. The van der Waals surface area contributed by atoms with Crippen LogP contribution in [0, 0.1) is 27.7 Å². The third kappa shape index (κ3) is 4.63. The lowest BCUT2D eigenvalue weighted by Crippen LogP contribution is -2.13. The van der Waals surface area contributed by atoms with Gasteiger partial charge in [-0.15, -0.1) is 0 Å². The van der Waals surface area contributed by atoms with Crippen LogP contribution in [0.25, 0.3) is 5.57 Å². The summed E-state index contributed by atoms with van der Waals surface area (Å²) in [6, 6.07) is 22.0. The summed E-state index contributed by atoms with van der Waals surface area (Å²) < 4.78 is 0. The number of nitrogens with zero attached hydrogens (tertiary/aromatic N) is 1. The Morgan fingerprint density at radius 3 is 1.80 bits per heavy atom. The zero-order chi connectivity index (χ0) is 21.7. The Morgan fingerprint density at radius 1 is 0.767 bits per heavy atom. The van der Waals surface area contributed by atoms with Crippen LogP contribution in [-0.4, -0.2) is 0 Å². The van der Waals surface area contributed by atoms with Gasteiger partial charge < -0.3 is 4.90 Å². The van der Waals surface area contributed by atoms with Crippen LogP contribution >= 0.6 is 0 Å². The summed E-state index contributed by atoms with van der Waals surface area (Å²) in [6.07, 6.45) is 8.05. The van der Waals surface area contributed by atoms with E-state index in [0.29, 0.717) is 0 Å². The van der Waals surface area contributed by atoms with Gasteiger partial charge in [-0.1, -0.05) is 78.4 Å². The molecule has 0 aliphatic rings. The fourth-order valence-corrected chi connectivity index (χ4v) is 3.98. The van der Waals surface area contributed by atoms with Gasteiger partial charge in [-0.25, -0.2) is 0 Å². The molecule has 30 heavy (non-hydrogen) atoms. The summed E-state index contributed by atoms with van der Waals surface area (Å²) in [5.74, 6) is 0. The average Bonchev–Trinajstić information content (AvgIpc) is 2.71. The van der Waals surface area contributed by atoms with Crippen LogP contribution in [0.15, 0.2) is 91.5 Å². The molecule has 0 saturated carbocycles. The minimum atomic E-state index is 1.15. The van der Waals surface area contributed by atoms with Gasteiger partial charge in [0.1, 0.15) is 0 Å². The van der Waals surface area contributed by atoms with Crippen LogP contribution in [0.4, 0.5) is 17.1 Å². The van der Waals surface area contributed by atoms with Gasteiger partial charge >= 0.3 is 0 Å². The normalized spacial score (nSPS) is 11.7. The number of benzene rings is 3. The van der Waals surface area contributed by atoms with E-state index in [-0.39, 0.29) is 0 Å². The van der Waals surface area contributed by atoms with Crippen molar-refractivity contribution in [3.63, 3.8) is 0 Å². The lowest BCUT2D eigenvalue weighted by Gasteiger charge is -2.29. The Morgan fingerprint density at radius 2 is 1.30 bits per heavy atom. The molecule has 3 rings (SSSR count). The molecule has 0 aliphatic heterocycles. The van der Waals surface area contributed by atoms with E-state index in [2.05, 4.69) is 112 Å². The van der Waals surface area contributed by atoms with Gasteiger partial charge in [-0.3, -0.25) is 0 Å². The molecule has 0 atom stereocenters. The summed E-state index contributed by atoms with van der Waals surface area (Å²) in [5, 5.41) is 0. The molecular weight excluding hydrogens is 362 g/mol. The Bertz CT molecular complexity index is 1060. The van der Waals surface area contributed by atoms with Gasteiger partial charge in [0.25, 0.3) is 0 Å². The van der Waals surface area contributed by atoms with Crippen LogP contribution in [0.5, 0.6) is 0 Å². The number of rotatable bonds is 6. The van der Waals surface area contributed by atoms with E-state index in [1.807, 2.05) is 19.1 Å². The quantitative estimate of drug-likeness (QED) is 0.379. The number of hydrogen-bond acceptors (Lipinski definition) is 1. The monoisotopic (exact) mass is 393 g/mol. The van der Waals surface area contributed by atoms with Crippen LogP contribution < -0.4 is 4.90 Å². The summed E-state index contributed by atoms with van der Waals surface area (Å²) in [5.41, 5.74) is 11.0.